The van der Waals surface area contributed by atoms with E-state index in [-0.39, 0.29) is 17.7 Å². The molecule has 0 saturated carbocycles. The van der Waals surface area contributed by atoms with Crippen LogP contribution in [0.2, 0.25) is 0 Å². The van der Waals surface area contributed by atoms with Crippen LogP contribution in [0.4, 0.5) is 11.5 Å². The Balaban J connectivity index is 1.39. The number of hydrogen-bond acceptors (Lipinski definition) is 8. The Kier molecular flexibility index (Phi) is 7.41. The molecule has 3 heterocycles. The Labute approximate surface area is 205 Å². The van der Waals surface area contributed by atoms with Crippen LogP contribution in [0.15, 0.2) is 40.9 Å². The van der Waals surface area contributed by atoms with Crippen LogP contribution in [0.3, 0.4) is 0 Å². The molecule has 2 aliphatic rings. The molecular weight excluding hydrogens is 470 g/mol. The molecule has 12 heteroatoms. The maximum atomic E-state index is 12.5. The molecular formula is C23H31N7O4S. The summed E-state index contributed by atoms with van der Waals surface area (Å²) in [6.45, 7) is 3.34. The van der Waals surface area contributed by atoms with Gasteiger partial charge >= 0.3 is 10.2 Å². The molecule has 0 aliphatic carbocycles. The molecule has 35 heavy (non-hydrogen) atoms. The van der Waals surface area contributed by atoms with Gasteiger partial charge in [0.1, 0.15) is 11.6 Å². The second-order valence-corrected chi connectivity index (χ2v) is 10.3. The topological polar surface area (TPSA) is 142 Å². The summed E-state index contributed by atoms with van der Waals surface area (Å²) in [6.07, 6.45) is 3.60. The summed E-state index contributed by atoms with van der Waals surface area (Å²) in [7, 11) is 0.0825. The van der Waals surface area contributed by atoms with Gasteiger partial charge in [-0.2, -0.15) is 8.42 Å². The molecule has 1 saturated heterocycles. The number of amides is 1. The maximum absolute atomic E-state index is 12.5. The van der Waals surface area contributed by atoms with Crippen LogP contribution in [-0.4, -0.2) is 76.9 Å². The monoisotopic (exact) mass is 501 g/mol. The molecule has 2 aromatic rings. The number of likely N-dealkylation sites (N-methyl/N-ethyl adjacent to an activating group) is 1. The highest BCUT2D eigenvalue weighted by Crippen LogP contribution is 2.31. The molecule has 188 valence electrons. The minimum atomic E-state index is -3.84. The Hall–Kier alpha value is -3.38. The van der Waals surface area contributed by atoms with Crippen molar-refractivity contribution in [1.82, 2.24) is 15.2 Å². The van der Waals surface area contributed by atoms with Crippen LogP contribution in [0.1, 0.15) is 28.8 Å². The van der Waals surface area contributed by atoms with Gasteiger partial charge in [-0.1, -0.05) is 6.07 Å². The molecule has 11 nitrogen and oxygen atoms in total. The van der Waals surface area contributed by atoms with Crippen molar-refractivity contribution in [3.63, 3.8) is 0 Å². The van der Waals surface area contributed by atoms with Crippen molar-refractivity contribution in [3.05, 3.63) is 47.7 Å². The quantitative estimate of drug-likeness (QED) is 0.487. The van der Waals surface area contributed by atoms with Crippen molar-refractivity contribution in [3.8, 4) is 5.75 Å². The van der Waals surface area contributed by atoms with Gasteiger partial charge in [-0.25, -0.2) is 4.98 Å². The van der Waals surface area contributed by atoms with E-state index in [1.54, 1.807) is 30.5 Å². The van der Waals surface area contributed by atoms with Gasteiger partial charge in [0.2, 0.25) is 0 Å². The number of ether oxygens (including phenoxy) is 1. The number of fused-ring (bicyclic) bond motifs is 1. The molecule has 1 aromatic carbocycles. The lowest BCUT2D eigenvalue weighted by molar-refractivity contribution is 0.0951. The third kappa shape index (κ3) is 6.20. The number of aromatic nitrogens is 1. The highest BCUT2D eigenvalue weighted by atomic mass is 32.2. The van der Waals surface area contributed by atoms with Gasteiger partial charge in [-0.05, 0) is 51.2 Å². The Morgan fingerprint density at radius 2 is 2.17 bits per heavy atom. The number of nitrogens with two attached hydrogens (primary N) is 1. The summed E-state index contributed by atoms with van der Waals surface area (Å²) >= 11 is 0. The van der Waals surface area contributed by atoms with Gasteiger partial charge in [0, 0.05) is 43.9 Å². The number of carbonyl (C=O) groups is 1. The van der Waals surface area contributed by atoms with Crippen LogP contribution in [0, 0.1) is 5.92 Å². The number of carbonyl (C=O) groups excluding carboxylic acids is 1. The molecule has 4 rings (SSSR count). The number of nitrogens with zero attached hydrogens (tertiary/aromatic N) is 4. The first kappa shape index (κ1) is 24.7. The summed E-state index contributed by atoms with van der Waals surface area (Å²) in [6, 6.07) is 8.63. The SMILES string of the molecule is CN(C)CCNC(=O)c1ccnc(N2CCC[C@H](COc3cccc4c3C(N)=NS(=O)(=O)N4)C2)c1. The highest BCUT2D eigenvalue weighted by molar-refractivity contribution is 7.91. The van der Waals surface area contributed by atoms with E-state index in [0.29, 0.717) is 35.7 Å². The first-order chi connectivity index (χ1) is 16.7. The Morgan fingerprint density at radius 1 is 1.34 bits per heavy atom. The number of benzene rings is 1. The fraction of sp³-hybridized carbons (Fsp3) is 0.435. The number of pyridine rings is 1. The molecule has 1 fully saturated rings. The highest BCUT2D eigenvalue weighted by Gasteiger charge is 2.26. The summed E-state index contributed by atoms with van der Waals surface area (Å²) in [5.41, 5.74) is 7.30. The molecule has 1 aromatic heterocycles. The number of hydrogen-bond donors (Lipinski definition) is 3. The lowest BCUT2D eigenvalue weighted by Crippen LogP contribution is -2.38. The van der Waals surface area contributed by atoms with Crippen LogP contribution < -0.4 is 25.4 Å². The van der Waals surface area contributed by atoms with Crippen molar-refractivity contribution in [1.29, 1.82) is 0 Å². The molecule has 1 amide bonds. The lowest BCUT2D eigenvalue weighted by Gasteiger charge is -2.33. The largest absolute Gasteiger partial charge is 0.492 e. The van der Waals surface area contributed by atoms with E-state index in [1.165, 1.54) is 0 Å². The third-order valence-corrected chi connectivity index (χ3v) is 6.82. The molecule has 0 unspecified atom stereocenters. The summed E-state index contributed by atoms with van der Waals surface area (Å²) in [5.74, 6) is 1.26. The molecule has 1 atom stereocenters. The fourth-order valence-electron chi connectivity index (χ4n) is 4.18. The minimum absolute atomic E-state index is 0.0931. The average molecular weight is 502 g/mol. The van der Waals surface area contributed by atoms with E-state index < -0.39 is 10.2 Å². The first-order valence-electron chi connectivity index (χ1n) is 11.5. The van der Waals surface area contributed by atoms with Gasteiger partial charge in [0.05, 0.1) is 17.9 Å². The zero-order valence-corrected chi connectivity index (χ0v) is 20.7. The van der Waals surface area contributed by atoms with Crippen LogP contribution >= 0.6 is 0 Å². The van der Waals surface area contributed by atoms with Crippen molar-refractivity contribution in [2.45, 2.75) is 12.8 Å². The first-order valence-corrected chi connectivity index (χ1v) is 12.9. The Morgan fingerprint density at radius 3 is 2.97 bits per heavy atom. The van der Waals surface area contributed by atoms with Gasteiger partial charge < -0.3 is 25.6 Å². The van der Waals surface area contributed by atoms with Crippen molar-refractivity contribution < 1.29 is 17.9 Å². The molecule has 2 aliphatic heterocycles. The van der Waals surface area contributed by atoms with Gasteiger partial charge in [0.15, 0.2) is 5.84 Å². The number of anilines is 2. The molecule has 4 N–H and O–H groups in total. The van der Waals surface area contributed by atoms with E-state index in [2.05, 4.69) is 24.3 Å². The van der Waals surface area contributed by atoms with Gasteiger partial charge in [0.25, 0.3) is 5.91 Å². The molecule has 0 spiro atoms. The van der Waals surface area contributed by atoms with Crippen LogP contribution in [0.5, 0.6) is 5.75 Å². The normalized spacial score (nSPS) is 18.9. The average Bonchev–Trinajstić information content (AvgIpc) is 2.81. The minimum Gasteiger partial charge on any atom is -0.492 e. The van der Waals surface area contributed by atoms with E-state index in [0.717, 1.165) is 38.3 Å². The van der Waals surface area contributed by atoms with E-state index in [9.17, 15) is 13.2 Å². The number of nitrogens with one attached hydrogen (secondary N) is 2. The Bertz CT molecular complexity index is 1220. The van der Waals surface area contributed by atoms with E-state index in [1.807, 2.05) is 25.1 Å². The van der Waals surface area contributed by atoms with Crippen molar-refractivity contribution in [2.75, 3.05) is 56.5 Å². The smallest absolute Gasteiger partial charge is 0.344 e. The van der Waals surface area contributed by atoms with Crippen molar-refractivity contribution in [2.24, 2.45) is 16.0 Å². The van der Waals surface area contributed by atoms with E-state index in [4.69, 9.17) is 10.5 Å². The lowest BCUT2D eigenvalue weighted by atomic mass is 9.98. The number of amidine groups is 1. The summed E-state index contributed by atoms with van der Waals surface area (Å²) in [5, 5.41) is 2.93. The standard InChI is InChI=1S/C23H31N7O4S/c1-29(2)12-10-26-23(31)17-8-9-25-20(13-17)30-11-4-5-16(14-30)15-34-19-7-3-6-18-21(19)22(24)28-35(32,33)27-18/h3,6-9,13,16,27H,4-5,10-12,14-15H2,1-2H3,(H2,24,28)(H,26,31)/t16-/m0/s1. The molecule has 0 radical (unpaired) electrons. The second-order valence-electron chi connectivity index (χ2n) is 8.96. The van der Waals surface area contributed by atoms with Crippen LogP contribution in [0.25, 0.3) is 0 Å². The summed E-state index contributed by atoms with van der Waals surface area (Å²) < 4.78 is 35.6. The van der Waals surface area contributed by atoms with Gasteiger partial charge in [-0.3, -0.25) is 9.52 Å². The summed E-state index contributed by atoms with van der Waals surface area (Å²) in [4.78, 5) is 21.2. The predicted molar refractivity (Wildman–Crippen MR) is 135 cm³/mol. The fourth-order valence-corrected chi connectivity index (χ4v) is 5.03. The zero-order chi connectivity index (χ0) is 25.0. The zero-order valence-electron chi connectivity index (χ0n) is 19.9. The predicted octanol–water partition coefficient (Wildman–Crippen LogP) is 1.04. The van der Waals surface area contributed by atoms with Crippen LogP contribution in [-0.2, 0) is 10.2 Å². The maximum Gasteiger partial charge on any atom is 0.344 e. The third-order valence-electron chi connectivity index (χ3n) is 5.91. The number of piperidine rings is 1. The second kappa shape index (κ2) is 10.5. The van der Waals surface area contributed by atoms with Gasteiger partial charge in [-0.15, -0.1) is 4.40 Å². The van der Waals surface area contributed by atoms with E-state index >= 15 is 0 Å². The number of rotatable bonds is 8. The van der Waals surface area contributed by atoms with Crippen molar-refractivity contribution >= 4 is 33.5 Å². The molecule has 0 bridgehead atoms.